The molecule has 1 aromatic carbocycles. The summed E-state index contributed by atoms with van der Waals surface area (Å²) in [7, 11) is -3.60. The van der Waals surface area contributed by atoms with Crippen LogP contribution in [0.3, 0.4) is 0 Å². The highest BCUT2D eigenvalue weighted by atomic mass is 32.2. The Balaban J connectivity index is 1.96. The van der Waals surface area contributed by atoms with E-state index in [1.165, 1.54) is 4.31 Å². The molecule has 0 saturated carbocycles. The third-order valence-electron chi connectivity index (χ3n) is 4.05. The molecule has 0 aliphatic carbocycles. The molecule has 2 amide bonds. The zero-order chi connectivity index (χ0) is 18.4. The lowest BCUT2D eigenvalue weighted by Gasteiger charge is -2.24. The van der Waals surface area contributed by atoms with Crippen LogP contribution in [0.1, 0.15) is 26.7 Å². The van der Waals surface area contributed by atoms with Gasteiger partial charge in [-0.15, -0.1) is 0 Å². The largest absolute Gasteiger partial charge is 0.348 e. The maximum atomic E-state index is 12.7. The van der Waals surface area contributed by atoms with Crippen molar-refractivity contribution in [3.63, 3.8) is 0 Å². The van der Waals surface area contributed by atoms with E-state index in [4.69, 9.17) is 0 Å². The van der Waals surface area contributed by atoms with Crippen molar-refractivity contribution in [2.45, 2.75) is 37.6 Å². The smallest absolute Gasteiger partial charge is 0.309 e. The summed E-state index contributed by atoms with van der Waals surface area (Å²) >= 11 is 0. The fourth-order valence-corrected chi connectivity index (χ4v) is 4.44. The Morgan fingerprint density at radius 2 is 1.80 bits per heavy atom. The molecule has 1 atom stereocenters. The van der Waals surface area contributed by atoms with Crippen LogP contribution in [-0.4, -0.2) is 50.2 Å². The molecule has 1 saturated heterocycles. The quantitative estimate of drug-likeness (QED) is 0.725. The molecule has 0 spiro atoms. The lowest BCUT2D eigenvalue weighted by atomic mass is 10.2. The standard InChI is InChI=1S/C17H25N3O4S/c1-13(2)11-18-16(21)17(22)19-12-14-7-6-10-20(14)25(23,24)15-8-4-3-5-9-15/h3-5,8-9,13-14H,6-7,10-12H2,1-2H3,(H,18,21)(H,19,22)/t14-/m1/s1. The number of sulfonamides is 1. The zero-order valence-corrected chi connectivity index (χ0v) is 15.4. The highest BCUT2D eigenvalue weighted by Gasteiger charge is 2.35. The van der Waals surface area contributed by atoms with Gasteiger partial charge in [-0.3, -0.25) is 9.59 Å². The van der Waals surface area contributed by atoms with Gasteiger partial charge in [0.25, 0.3) is 0 Å². The molecule has 0 bridgehead atoms. The van der Waals surface area contributed by atoms with Crippen molar-refractivity contribution >= 4 is 21.8 Å². The molecule has 1 aromatic rings. The van der Waals surface area contributed by atoms with Crippen LogP contribution in [0.2, 0.25) is 0 Å². The van der Waals surface area contributed by atoms with Crippen molar-refractivity contribution in [2.24, 2.45) is 5.92 Å². The molecule has 1 heterocycles. The maximum Gasteiger partial charge on any atom is 0.309 e. The Morgan fingerprint density at radius 1 is 1.16 bits per heavy atom. The number of carbonyl (C=O) groups is 2. The van der Waals surface area contributed by atoms with Gasteiger partial charge in [0.05, 0.1) is 4.90 Å². The van der Waals surface area contributed by atoms with Crippen LogP contribution in [0.15, 0.2) is 35.2 Å². The molecule has 7 nitrogen and oxygen atoms in total. The predicted octanol–water partition coefficient (Wildman–Crippen LogP) is 0.728. The van der Waals surface area contributed by atoms with Gasteiger partial charge in [0.1, 0.15) is 0 Å². The van der Waals surface area contributed by atoms with E-state index in [1.807, 2.05) is 13.8 Å². The van der Waals surface area contributed by atoms with E-state index >= 15 is 0 Å². The van der Waals surface area contributed by atoms with E-state index in [1.54, 1.807) is 30.3 Å². The highest BCUT2D eigenvalue weighted by Crippen LogP contribution is 2.25. The van der Waals surface area contributed by atoms with Gasteiger partial charge in [-0.05, 0) is 30.9 Å². The van der Waals surface area contributed by atoms with E-state index < -0.39 is 21.8 Å². The van der Waals surface area contributed by atoms with Gasteiger partial charge in [-0.25, -0.2) is 8.42 Å². The summed E-state index contributed by atoms with van der Waals surface area (Å²) < 4.78 is 26.9. The summed E-state index contributed by atoms with van der Waals surface area (Å²) in [6.07, 6.45) is 1.38. The van der Waals surface area contributed by atoms with Crippen LogP contribution in [0.25, 0.3) is 0 Å². The van der Waals surface area contributed by atoms with E-state index in [9.17, 15) is 18.0 Å². The molecule has 1 fully saturated rings. The molecular formula is C17H25N3O4S. The van der Waals surface area contributed by atoms with Gasteiger partial charge in [0, 0.05) is 25.7 Å². The van der Waals surface area contributed by atoms with E-state index in [0.29, 0.717) is 19.5 Å². The molecule has 0 radical (unpaired) electrons. The zero-order valence-electron chi connectivity index (χ0n) is 14.6. The molecular weight excluding hydrogens is 342 g/mol. The van der Waals surface area contributed by atoms with Gasteiger partial charge in [0.15, 0.2) is 0 Å². The van der Waals surface area contributed by atoms with Crippen LogP contribution in [0.5, 0.6) is 0 Å². The number of amides is 2. The van der Waals surface area contributed by atoms with Crippen molar-refractivity contribution < 1.29 is 18.0 Å². The lowest BCUT2D eigenvalue weighted by Crippen LogP contribution is -2.47. The molecule has 8 heteroatoms. The SMILES string of the molecule is CC(C)CNC(=O)C(=O)NC[C@H]1CCCN1S(=O)(=O)c1ccccc1. The molecule has 1 aliphatic heterocycles. The Morgan fingerprint density at radius 3 is 2.44 bits per heavy atom. The van der Waals surface area contributed by atoms with Gasteiger partial charge in [-0.2, -0.15) is 4.31 Å². The number of rotatable bonds is 6. The average molecular weight is 367 g/mol. The molecule has 138 valence electrons. The van der Waals surface area contributed by atoms with Gasteiger partial charge in [-0.1, -0.05) is 32.0 Å². The second-order valence-electron chi connectivity index (χ2n) is 6.54. The number of nitrogens with zero attached hydrogens (tertiary/aromatic N) is 1. The Labute approximate surface area is 148 Å². The van der Waals surface area contributed by atoms with E-state index in [0.717, 1.165) is 6.42 Å². The molecule has 1 aliphatic rings. The summed E-state index contributed by atoms with van der Waals surface area (Å²) in [5.74, 6) is -1.17. The van der Waals surface area contributed by atoms with Gasteiger partial charge >= 0.3 is 11.8 Å². The first-order valence-corrected chi connectivity index (χ1v) is 9.89. The monoisotopic (exact) mass is 367 g/mol. The van der Waals surface area contributed by atoms with Crippen molar-refractivity contribution in [3.8, 4) is 0 Å². The second-order valence-corrected chi connectivity index (χ2v) is 8.43. The number of benzene rings is 1. The van der Waals surface area contributed by atoms with Crippen molar-refractivity contribution in [3.05, 3.63) is 30.3 Å². The molecule has 2 rings (SSSR count). The third-order valence-corrected chi connectivity index (χ3v) is 6.01. The number of nitrogens with one attached hydrogen (secondary N) is 2. The van der Waals surface area contributed by atoms with Crippen molar-refractivity contribution in [2.75, 3.05) is 19.6 Å². The summed E-state index contributed by atoms with van der Waals surface area (Å²) in [6.45, 7) is 4.83. The van der Waals surface area contributed by atoms with Crippen LogP contribution in [-0.2, 0) is 19.6 Å². The first-order chi connectivity index (χ1) is 11.8. The van der Waals surface area contributed by atoms with Gasteiger partial charge < -0.3 is 10.6 Å². The summed E-state index contributed by atoms with van der Waals surface area (Å²) in [4.78, 5) is 23.8. The number of carbonyl (C=O) groups excluding carboxylic acids is 2. The normalized spacial score (nSPS) is 18.3. The molecule has 0 unspecified atom stereocenters. The summed E-state index contributed by atoms with van der Waals surface area (Å²) in [5.41, 5.74) is 0. The summed E-state index contributed by atoms with van der Waals surface area (Å²) in [6, 6.07) is 7.89. The minimum Gasteiger partial charge on any atom is -0.348 e. The fourth-order valence-electron chi connectivity index (χ4n) is 2.73. The summed E-state index contributed by atoms with van der Waals surface area (Å²) in [5, 5.41) is 5.09. The highest BCUT2D eigenvalue weighted by molar-refractivity contribution is 7.89. The van der Waals surface area contributed by atoms with E-state index in [2.05, 4.69) is 10.6 Å². The molecule has 2 N–H and O–H groups in total. The predicted molar refractivity (Wildman–Crippen MR) is 94.2 cm³/mol. The third kappa shape index (κ3) is 5.02. The number of hydrogen-bond donors (Lipinski definition) is 2. The van der Waals surface area contributed by atoms with Crippen LogP contribution in [0.4, 0.5) is 0 Å². The Hall–Kier alpha value is -1.93. The van der Waals surface area contributed by atoms with Crippen LogP contribution < -0.4 is 10.6 Å². The number of hydrogen-bond acceptors (Lipinski definition) is 4. The average Bonchev–Trinajstić information content (AvgIpc) is 3.07. The fraction of sp³-hybridized carbons (Fsp3) is 0.529. The maximum absolute atomic E-state index is 12.7. The Bertz CT molecular complexity index is 704. The van der Waals surface area contributed by atoms with Crippen LogP contribution in [0, 0.1) is 5.92 Å². The topological polar surface area (TPSA) is 95.6 Å². The van der Waals surface area contributed by atoms with Crippen LogP contribution >= 0.6 is 0 Å². The molecule has 25 heavy (non-hydrogen) atoms. The second kappa shape index (κ2) is 8.44. The van der Waals surface area contributed by atoms with Gasteiger partial charge in [0.2, 0.25) is 10.0 Å². The first-order valence-electron chi connectivity index (χ1n) is 8.45. The van der Waals surface area contributed by atoms with Crippen molar-refractivity contribution in [1.29, 1.82) is 0 Å². The minimum absolute atomic E-state index is 0.125. The minimum atomic E-state index is -3.60. The molecule has 0 aromatic heterocycles. The van der Waals surface area contributed by atoms with Crippen molar-refractivity contribution in [1.82, 2.24) is 14.9 Å². The lowest BCUT2D eigenvalue weighted by molar-refractivity contribution is -0.139. The first kappa shape index (κ1) is 19.4. The van der Waals surface area contributed by atoms with E-state index in [-0.39, 0.29) is 23.4 Å². The Kier molecular flexibility index (Phi) is 6.55.